The topological polar surface area (TPSA) is 64.9 Å². The molecule has 17 heavy (non-hydrogen) atoms. The lowest BCUT2D eigenvalue weighted by atomic mass is 9.96. The number of hydrogen-bond acceptors (Lipinski definition) is 3. The standard InChI is InChI=1S/C13H17N3O/c1-13(2,8-14)9-16-12(17)10-6-4-5-7-11(10)15-3/h4-7,15H,9H2,1-3H3,(H,16,17). The molecule has 0 aliphatic carbocycles. The highest BCUT2D eigenvalue weighted by molar-refractivity contribution is 5.99. The van der Waals surface area contributed by atoms with Crippen molar-refractivity contribution >= 4 is 11.6 Å². The van der Waals surface area contributed by atoms with E-state index < -0.39 is 5.41 Å². The fraction of sp³-hybridized carbons (Fsp3) is 0.385. The van der Waals surface area contributed by atoms with Crippen molar-refractivity contribution in [2.75, 3.05) is 18.9 Å². The summed E-state index contributed by atoms with van der Waals surface area (Å²) < 4.78 is 0. The monoisotopic (exact) mass is 231 g/mol. The van der Waals surface area contributed by atoms with E-state index >= 15 is 0 Å². The summed E-state index contributed by atoms with van der Waals surface area (Å²) in [6, 6.07) is 9.41. The second-order valence-corrected chi connectivity index (χ2v) is 4.47. The molecular weight excluding hydrogens is 214 g/mol. The average molecular weight is 231 g/mol. The summed E-state index contributed by atoms with van der Waals surface area (Å²) >= 11 is 0. The van der Waals surface area contributed by atoms with E-state index in [-0.39, 0.29) is 5.91 Å². The lowest BCUT2D eigenvalue weighted by molar-refractivity contribution is 0.0944. The van der Waals surface area contributed by atoms with Crippen LogP contribution in [0.1, 0.15) is 24.2 Å². The molecule has 0 saturated heterocycles. The van der Waals surface area contributed by atoms with Crippen molar-refractivity contribution in [1.82, 2.24) is 5.32 Å². The molecule has 0 atom stereocenters. The molecule has 1 amide bonds. The molecule has 90 valence electrons. The second-order valence-electron chi connectivity index (χ2n) is 4.47. The number of para-hydroxylation sites is 1. The molecule has 0 fully saturated rings. The molecule has 1 aromatic carbocycles. The van der Waals surface area contributed by atoms with Crippen LogP contribution in [0, 0.1) is 16.7 Å². The van der Waals surface area contributed by atoms with Gasteiger partial charge in [-0.1, -0.05) is 12.1 Å². The van der Waals surface area contributed by atoms with Crippen molar-refractivity contribution in [3.8, 4) is 6.07 Å². The van der Waals surface area contributed by atoms with Crippen molar-refractivity contribution in [2.45, 2.75) is 13.8 Å². The van der Waals surface area contributed by atoms with E-state index in [1.165, 1.54) is 0 Å². The highest BCUT2D eigenvalue weighted by atomic mass is 16.1. The summed E-state index contributed by atoms with van der Waals surface area (Å²) in [5.41, 5.74) is 0.813. The second kappa shape index (κ2) is 5.35. The van der Waals surface area contributed by atoms with E-state index in [0.717, 1.165) is 5.69 Å². The fourth-order valence-electron chi connectivity index (χ4n) is 1.34. The SMILES string of the molecule is CNc1ccccc1C(=O)NCC(C)(C)C#N. The smallest absolute Gasteiger partial charge is 0.253 e. The summed E-state index contributed by atoms with van der Waals surface area (Å²) in [6.45, 7) is 3.91. The van der Waals surface area contributed by atoms with Crippen LogP contribution in [-0.2, 0) is 0 Å². The number of anilines is 1. The van der Waals surface area contributed by atoms with E-state index in [1.807, 2.05) is 18.2 Å². The number of rotatable bonds is 4. The third kappa shape index (κ3) is 3.49. The number of nitrogens with one attached hydrogen (secondary N) is 2. The van der Waals surface area contributed by atoms with Crippen LogP contribution in [0.15, 0.2) is 24.3 Å². The molecule has 0 aliphatic rings. The van der Waals surface area contributed by atoms with Crippen LogP contribution in [-0.4, -0.2) is 19.5 Å². The summed E-state index contributed by atoms with van der Waals surface area (Å²) in [6.07, 6.45) is 0. The number of hydrogen-bond donors (Lipinski definition) is 2. The number of carbonyl (C=O) groups excluding carboxylic acids is 1. The van der Waals surface area contributed by atoms with E-state index in [0.29, 0.717) is 12.1 Å². The first-order valence-electron chi connectivity index (χ1n) is 5.46. The first-order valence-corrected chi connectivity index (χ1v) is 5.46. The molecule has 0 heterocycles. The van der Waals surface area contributed by atoms with Gasteiger partial charge in [-0.2, -0.15) is 5.26 Å². The van der Waals surface area contributed by atoms with Gasteiger partial charge < -0.3 is 10.6 Å². The molecule has 0 bridgehead atoms. The van der Waals surface area contributed by atoms with Gasteiger partial charge in [-0.05, 0) is 26.0 Å². The predicted molar refractivity (Wildman–Crippen MR) is 67.7 cm³/mol. The summed E-state index contributed by atoms with van der Waals surface area (Å²) in [7, 11) is 1.77. The van der Waals surface area contributed by atoms with Crippen molar-refractivity contribution in [3.05, 3.63) is 29.8 Å². The largest absolute Gasteiger partial charge is 0.387 e. The molecule has 0 aromatic heterocycles. The Balaban J connectivity index is 2.75. The first kappa shape index (κ1) is 13.0. The van der Waals surface area contributed by atoms with Gasteiger partial charge in [0, 0.05) is 19.3 Å². The van der Waals surface area contributed by atoms with Gasteiger partial charge in [-0.15, -0.1) is 0 Å². The number of benzene rings is 1. The fourth-order valence-corrected chi connectivity index (χ4v) is 1.34. The Bertz CT molecular complexity index is 446. The third-order valence-corrected chi connectivity index (χ3v) is 2.43. The molecule has 0 saturated carbocycles. The van der Waals surface area contributed by atoms with E-state index in [1.54, 1.807) is 27.0 Å². The van der Waals surface area contributed by atoms with E-state index in [9.17, 15) is 4.79 Å². The maximum absolute atomic E-state index is 11.9. The Morgan fingerprint density at radius 3 is 2.65 bits per heavy atom. The van der Waals surface area contributed by atoms with Crippen LogP contribution in [0.2, 0.25) is 0 Å². The van der Waals surface area contributed by atoms with Crippen LogP contribution in [0.4, 0.5) is 5.69 Å². The molecule has 2 N–H and O–H groups in total. The molecule has 4 heteroatoms. The summed E-state index contributed by atoms with van der Waals surface area (Å²) in [5, 5.41) is 14.6. The van der Waals surface area contributed by atoms with Gasteiger partial charge >= 0.3 is 0 Å². The third-order valence-electron chi connectivity index (χ3n) is 2.43. The van der Waals surface area contributed by atoms with Gasteiger partial charge in [0.05, 0.1) is 17.0 Å². The minimum atomic E-state index is -0.551. The number of nitrogens with zero attached hydrogens (tertiary/aromatic N) is 1. The van der Waals surface area contributed by atoms with Gasteiger partial charge in [-0.3, -0.25) is 4.79 Å². The normalized spacial score (nSPS) is 10.5. The van der Waals surface area contributed by atoms with Crippen molar-refractivity contribution < 1.29 is 4.79 Å². The summed E-state index contributed by atoms with van der Waals surface area (Å²) in [5.74, 6) is -0.168. The minimum Gasteiger partial charge on any atom is -0.387 e. The molecular formula is C13H17N3O. The van der Waals surface area contributed by atoms with Crippen LogP contribution in [0.3, 0.4) is 0 Å². The Kier molecular flexibility index (Phi) is 4.11. The molecule has 0 unspecified atom stereocenters. The molecule has 0 spiro atoms. The van der Waals surface area contributed by atoms with Crippen molar-refractivity contribution in [1.29, 1.82) is 5.26 Å². The van der Waals surface area contributed by atoms with Gasteiger partial charge in [-0.25, -0.2) is 0 Å². The highest BCUT2D eigenvalue weighted by Crippen LogP contribution is 2.15. The van der Waals surface area contributed by atoms with Gasteiger partial charge in [0.15, 0.2) is 0 Å². The average Bonchev–Trinajstić information content (AvgIpc) is 2.36. The van der Waals surface area contributed by atoms with Crippen LogP contribution in [0.5, 0.6) is 0 Å². The Hall–Kier alpha value is -2.02. The molecule has 0 aliphatic heterocycles. The Morgan fingerprint density at radius 1 is 1.41 bits per heavy atom. The highest BCUT2D eigenvalue weighted by Gasteiger charge is 2.18. The first-order chi connectivity index (χ1) is 8.00. The van der Waals surface area contributed by atoms with Gasteiger partial charge in [0.25, 0.3) is 5.91 Å². The zero-order chi connectivity index (χ0) is 12.9. The lowest BCUT2D eigenvalue weighted by Crippen LogP contribution is -2.33. The number of amides is 1. The quantitative estimate of drug-likeness (QED) is 0.833. The molecule has 1 rings (SSSR count). The van der Waals surface area contributed by atoms with Gasteiger partial charge in [0.2, 0.25) is 0 Å². The summed E-state index contributed by atoms with van der Waals surface area (Å²) in [4.78, 5) is 11.9. The van der Waals surface area contributed by atoms with E-state index in [2.05, 4.69) is 16.7 Å². The zero-order valence-electron chi connectivity index (χ0n) is 10.4. The predicted octanol–water partition coefficient (Wildman–Crippen LogP) is 2.01. The van der Waals surface area contributed by atoms with Crippen molar-refractivity contribution in [3.63, 3.8) is 0 Å². The maximum Gasteiger partial charge on any atom is 0.253 e. The van der Waals surface area contributed by atoms with Crippen LogP contribution in [0.25, 0.3) is 0 Å². The zero-order valence-corrected chi connectivity index (χ0v) is 10.4. The Labute approximate surface area is 102 Å². The van der Waals surface area contributed by atoms with Crippen molar-refractivity contribution in [2.24, 2.45) is 5.41 Å². The molecule has 4 nitrogen and oxygen atoms in total. The van der Waals surface area contributed by atoms with Crippen LogP contribution >= 0.6 is 0 Å². The number of carbonyl (C=O) groups is 1. The maximum atomic E-state index is 11.9. The number of nitriles is 1. The lowest BCUT2D eigenvalue weighted by Gasteiger charge is -2.16. The van der Waals surface area contributed by atoms with Gasteiger partial charge in [0.1, 0.15) is 0 Å². The van der Waals surface area contributed by atoms with Crippen LogP contribution < -0.4 is 10.6 Å². The molecule has 0 radical (unpaired) electrons. The minimum absolute atomic E-state index is 0.168. The van der Waals surface area contributed by atoms with E-state index in [4.69, 9.17) is 5.26 Å². The Morgan fingerprint density at radius 2 is 2.06 bits per heavy atom. The molecule has 1 aromatic rings.